The molecule has 2 N–H and O–H groups in total. The summed E-state index contributed by atoms with van der Waals surface area (Å²) in [6.45, 7) is 1.87. The minimum Gasteiger partial charge on any atom is -0.424 e. The quantitative estimate of drug-likeness (QED) is 0.919. The maximum atomic E-state index is 12.8. The number of rotatable bonds is 4. The van der Waals surface area contributed by atoms with Crippen LogP contribution in [0.25, 0.3) is 0 Å². The molecule has 0 spiro atoms. The van der Waals surface area contributed by atoms with E-state index in [-0.39, 0.29) is 11.9 Å². The first-order chi connectivity index (χ1) is 9.15. The zero-order valence-electron chi connectivity index (χ0n) is 10.6. The Bertz CT molecular complexity index is 575. The predicted octanol–water partition coefficient (Wildman–Crippen LogP) is 2.56. The van der Waals surface area contributed by atoms with Gasteiger partial charge < -0.3 is 10.5 Å². The van der Waals surface area contributed by atoms with Crippen molar-refractivity contribution in [1.29, 1.82) is 0 Å². The van der Waals surface area contributed by atoms with E-state index in [1.165, 1.54) is 12.1 Å². The summed E-state index contributed by atoms with van der Waals surface area (Å²) < 4.78 is 20.4. The van der Waals surface area contributed by atoms with Crippen LogP contribution in [0.2, 0.25) is 0 Å². The van der Waals surface area contributed by atoms with Crippen LogP contribution < -0.4 is 10.5 Å². The van der Waals surface area contributed by atoms with Crippen LogP contribution in [0, 0.1) is 5.82 Å². The predicted molar refractivity (Wildman–Crippen MR) is 67.4 cm³/mol. The second-order valence-electron chi connectivity index (χ2n) is 4.79. The van der Waals surface area contributed by atoms with Gasteiger partial charge in [-0.25, -0.2) is 4.39 Å². The molecule has 100 valence electrons. The Morgan fingerprint density at radius 2 is 2.00 bits per heavy atom. The average molecular weight is 262 g/mol. The molecule has 19 heavy (non-hydrogen) atoms. The number of hydrogen-bond donors (Lipinski definition) is 1. The van der Waals surface area contributed by atoms with Crippen LogP contribution in [-0.4, -0.2) is 14.8 Å². The molecule has 1 heterocycles. The first-order valence-electron chi connectivity index (χ1n) is 6.29. The molecule has 3 rings (SSSR count). The van der Waals surface area contributed by atoms with E-state index in [2.05, 4.69) is 10.2 Å². The Balaban J connectivity index is 1.90. The van der Waals surface area contributed by atoms with Crippen molar-refractivity contribution in [2.24, 2.45) is 5.73 Å². The molecule has 1 aliphatic carbocycles. The van der Waals surface area contributed by atoms with Crippen molar-refractivity contribution in [2.45, 2.75) is 31.8 Å². The third-order valence-electron chi connectivity index (χ3n) is 3.03. The summed E-state index contributed by atoms with van der Waals surface area (Å²) in [5, 5.41) is 8.11. The molecule has 0 bridgehead atoms. The van der Waals surface area contributed by atoms with Crippen molar-refractivity contribution in [3.05, 3.63) is 35.9 Å². The Kier molecular flexibility index (Phi) is 2.94. The summed E-state index contributed by atoms with van der Waals surface area (Å²) in [6, 6.07) is 6.41. The normalized spacial score (nSPS) is 16.4. The summed E-state index contributed by atoms with van der Waals surface area (Å²) in [7, 11) is 0. The van der Waals surface area contributed by atoms with Crippen molar-refractivity contribution < 1.29 is 9.13 Å². The highest BCUT2D eigenvalue weighted by atomic mass is 19.1. The third-order valence-corrected chi connectivity index (χ3v) is 3.03. The van der Waals surface area contributed by atoms with Gasteiger partial charge in [0.15, 0.2) is 5.82 Å². The van der Waals surface area contributed by atoms with Gasteiger partial charge in [0, 0.05) is 6.04 Å². The van der Waals surface area contributed by atoms with E-state index in [0.29, 0.717) is 17.8 Å². The van der Waals surface area contributed by atoms with E-state index in [1.54, 1.807) is 12.1 Å². The molecule has 6 heteroatoms. The van der Waals surface area contributed by atoms with Gasteiger partial charge in [-0.2, -0.15) is 0 Å². The van der Waals surface area contributed by atoms with Crippen molar-refractivity contribution in [3.63, 3.8) is 0 Å². The molecule has 0 amide bonds. The number of aromatic nitrogens is 3. The lowest BCUT2D eigenvalue weighted by atomic mass is 10.3. The smallest absolute Gasteiger partial charge is 0.322 e. The van der Waals surface area contributed by atoms with Crippen LogP contribution >= 0.6 is 0 Å². The Morgan fingerprint density at radius 1 is 1.32 bits per heavy atom. The number of halogens is 1. The highest BCUT2D eigenvalue weighted by molar-refractivity contribution is 5.26. The molecule has 0 unspecified atom stereocenters. The topological polar surface area (TPSA) is 66.0 Å². The zero-order chi connectivity index (χ0) is 13.4. The van der Waals surface area contributed by atoms with Crippen LogP contribution in [0.15, 0.2) is 24.3 Å². The number of hydrogen-bond acceptors (Lipinski definition) is 4. The van der Waals surface area contributed by atoms with Crippen LogP contribution in [-0.2, 0) is 0 Å². The van der Waals surface area contributed by atoms with Gasteiger partial charge in [0.2, 0.25) is 0 Å². The molecule has 1 aromatic carbocycles. The van der Waals surface area contributed by atoms with Crippen molar-refractivity contribution >= 4 is 0 Å². The van der Waals surface area contributed by atoms with Gasteiger partial charge in [-0.3, -0.25) is 4.57 Å². The van der Waals surface area contributed by atoms with Crippen molar-refractivity contribution in [1.82, 2.24) is 14.8 Å². The fourth-order valence-electron chi connectivity index (χ4n) is 1.95. The third kappa shape index (κ3) is 2.44. The van der Waals surface area contributed by atoms with Gasteiger partial charge in [0.05, 0.1) is 6.04 Å². The molecule has 2 aromatic rings. The molecule has 1 atom stereocenters. The summed E-state index contributed by atoms with van der Waals surface area (Å²) in [5.41, 5.74) is 5.88. The molecule has 1 saturated carbocycles. The molecule has 0 saturated heterocycles. The van der Waals surface area contributed by atoms with Gasteiger partial charge in [-0.15, -0.1) is 5.10 Å². The maximum absolute atomic E-state index is 12.8. The maximum Gasteiger partial charge on any atom is 0.322 e. The highest BCUT2D eigenvalue weighted by Gasteiger charge is 2.31. The Hall–Kier alpha value is -1.95. The Labute approximate surface area is 110 Å². The van der Waals surface area contributed by atoms with Gasteiger partial charge in [-0.1, -0.05) is 5.10 Å². The molecular formula is C13H15FN4O. The second kappa shape index (κ2) is 4.62. The van der Waals surface area contributed by atoms with Gasteiger partial charge in [0.25, 0.3) is 0 Å². The van der Waals surface area contributed by atoms with E-state index in [0.717, 1.165) is 18.7 Å². The van der Waals surface area contributed by atoms with Gasteiger partial charge in [0.1, 0.15) is 11.6 Å². The molecular weight excluding hydrogens is 247 g/mol. The standard InChI is InChI=1S/C13H15FN4O/c1-8(15)12-16-17-13(18(12)10-4-5-10)19-11-6-2-9(14)3-7-11/h2-3,6-8,10H,4-5,15H2,1H3/t8-/m1/s1. The number of nitrogens with zero attached hydrogens (tertiary/aromatic N) is 3. The summed E-state index contributed by atoms with van der Waals surface area (Å²) in [5.74, 6) is 0.957. The van der Waals surface area contributed by atoms with E-state index in [4.69, 9.17) is 10.5 Å². The molecule has 5 nitrogen and oxygen atoms in total. The summed E-state index contributed by atoms with van der Waals surface area (Å²) in [4.78, 5) is 0. The second-order valence-corrected chi connectivity index (χ2v) is 4.79. The molecule has 0 aliphatic heterocycles. The molecule has 0 radical (unpaired) electrons. The highest BCUT2D eigenvalue weighted by Crippen LogP contribution is 2.40. The number of nitrogens with two attached hydrogens (primary N) is 1. The minimum atomic E-state index is -0.299. The van der Waals surface area contributed by atoms with Gasteiger partial charge >= 0.3 is 6.01 Å². The largest absolute Gasteiger partial charge is 0.424 e. The fourth-order valence-corrected chi connectivity index (χ4v) is 1.95. The monoisotopic (exact) mass is 262 g/mol. The fraction of sp³-hybridized carbons (Fsp3) is 0.385. The van der Waals surface area contributed by atoms with E-state index >= 15 is 0 Å². The summed E-state index contributed by atoms with van der Waals surface area (Å²) >= 11 is 0. The summed E-state index contributed by atoms with van der Waals surface area (Å²) in [6.07, 6.45) is 2.16. The molecule has 1 aliphatic rings. The van der Waals surface area contributed by atoms with Crippen LogP contribution in [0.1, 0.15) is 37.7 Å². The number of ether oxygens (including phenoxy) is 1. The average Bonchev–Trinajstić information content (AvgIpc) is 3.13. The first-order valence-corrected chi connectivity index (χ1v) is 6.29. The lowest BCUT2D eigenvalue weighted by molar-refractivity contribution is 0.405. The van der Waals surface area contributed by atoms with E-state index in [9.17, 15) is 4.39 Å². The van der Waals surface area contributed by atoms with E-state index in [1.807, 2.05) is 11.5 Å². The lowest BCUT2D eigenvalue weighted by Crippen LogP contribution is -2.13. The van der Waals surface area contributed by atoms with Crippen LogP contribution in [0.4, 0.5) is 4.39 Å². The van der Waals surface area contributed by atoms with Crippen LogP contribution in [0.3, 0.4) is 0 Å². The lowest BCUT2D eigenvalue weighted by Gasteiger charge is -2.11. The Morgan fingerprint density at radius 3 is 2.58 bits per heavy atom. The molecule has 1 fully saturated rings. The number of benzene rings is 1. The van der Waals surface area contributed by atoms with E-state index < -0.39 is 0 Å². The van der Waals surface area contributed by atoms with Crippen molar-refractivity contribution in [2.75, 3.05) is 0 Å². The van der Waals surface area contributed by atoms with Crippen LogP contribution in [0.5, 0.6) is 11.8 Å². The zero-order valence-corrected chi connectivity index (χ0v) is 10.6. The first kappa shape index (κ1) is 12.1. The van der Waals surface area contributed by atoms with Crippen molar-refractivity contribution in [3.8, 4) is 11.8 Å². The SMILES string of the molecule is C[C@@H](N)c1nnc(Oc2ccc(F)cc2)n1C1CC1. The molecule has 1 aromatic heterocycles. The van der Waals surface area contributed by atoms with Gasteiger partial charge in [-0.05, 0) is 44.0 Å². The minimum absolute atomic E-state index is 0.196.